The molecule has 2 aromatic heterocycles. The minimum absolute atomic E-state index is 0.210. The van der Waals surface area contributed by atoms with Crippen molar-refractivity contribution in [2.75, 3.05) is 18.4 Å². The third-order valence-electron chi connectivity index (χ3n) is 6.24. The van der Waals surface area contributed by atoms with Gasteiger partial charge in [-0.15, -0.1) is 0 Å². The Morgan fingerprint density at radius 2 is 1.94 bits per heavy atom. The van der Waals surface area contributed by atoms with Crippen molar-refractivity contribution in [2.24, 2.45) is 0 Å². The van der Waals surface area contributed by atoms with Crippen LogP contribution in [0, 0.1) is 5.41 Å². The molecular weight excluding hydrogens is 444 g/mol. The highest BCUT2D eigenvalue weighted by atomic mass is 32.2. The van der Waals surface area contributed by atoms with Gasteiger partial charge in [0.05, 0.1) is 22.8 Å². The van der Waals surface area contributed by atoms with Crippen molar-refractivity contribution in [2.45, 2.75) is 52.6 Å². The van der Waals surface area contributed by atoms with E-state index in [0.717, 1.165) is 47.2 Å². The van der Waals surface area contributed by atoms with E-state index in [9.17, 15) is 4.79 Å². The first kappa shape index (κ1) is 24.2. The van der Waals surface area contributed by atoms with E-state index >= 15 is 0 Å². The van der Waals surface area contributed by atoms with Crippen molar-refractivity contribution in [3.05, 3.63) is 60.1 Å². The molecular formula is C26H32N6OS. The van der Waals surface area contributed by atoms with Crippen LogP contribution in [-0.2, 0) is 0 Å². The summed E-state index contributed by atoms with van der Waals surface area (Å²) in [6.07, 6.45) is 9.35. The van der Waals surface area contributed by atoms with Gasteiger partial charge in [0.25, 0.3) is 5.91 Å². The lowest BCUT2D eigenvalue weighted by Crippen LogP contribution is -2.39. The fourth-order valence-corrected chi connectivity index (χ4v) is 5.01. The van der Waals surface area contributed by atoms with Crippen LogP contribution >= 0.6 is 11.8 Å². The Bertz CT molecular complexity index is 1220. The summed E-state index contributed by atoms with van der Waals surface area (Å²) in [5.41, 5.74) is 1.58. The van der Waals surface area contributed by atoms with E-state index in [2.05, 4.69) is 40.2 Å². The summed E-state index contributed by atoms with van der Waals surface area (Å²) in [4.78, 5) is 20.8. The summed E-state index contributed by atoms with van der Waals surface area (Å²) in [7, 11) is 0. The van der Waals surface area contributed by atoms with E-state index in [1.54, 1.807) is 19.3 Å². The maximum Gasteiger partial charge on any atom is 0.260 e. The van der Waals surface area contributed by atoms with E-state index in [1.807, 2.05) is 42.1 Å². The fraction of sp³-hybridized carbons (Fsp3) is 0.385. The molecule has 0 unspecified atom stereocenters. The molecule has 0 radical (unpaired) electrons. The van der Waals surface area contributed by atoms with Crippen LogP contribution in [-0.4, -0.2) is 49.7 Å². The Morgan fingerprint density at radius 3 is 2.62 bits per heavy atom. The third kappa shape index (κ3) is 5.56. The number of likely N-dealkylation sites (tertiary alicyclic amines) is 1. The first-order valence-corrected chi connectivity index (χ1v) is 12.5. The number of thioether (sulfide) groups is 1. The topological polar surface area (TPSA) is 86.9 Å². The summed E-state index contributed by atoms with van der Waals surface area (Å²) in [5, 5.41) is 17.7. The van der Waals surface area contributed by atoms with Crippen molar-refractivity contribution < 1.29 is 4.79 Å². The number of aromatic nitrogens is 3. The van der Waals surface area contributed by atoms with Crippen LogP contribution in [0.4, 0.5) is 5.82 Å². The molecule has 0 aliphatic carbocycles. The molecule has 1 saturated heterocycles. The SMILES string of the molecule is C/C=C(/SC(C)=N)c1ccc2cnc(NC(=O)c3cnn(C4CCN(C(C)C)CC4)c3)cc2c1. The molecule has 34 heavy (non-hydrogen) atoms. The standard InChI is InChI=1S/C26H32N6OS/c1-5-24(34-18(4)27)19-6-7-20-14-28-25(13-21(20)12-19)30-26(33)22-15-29-32(16-22)23-8-10-31(11-9-23)17(2)3/h5-7,12-17,23,27H,8-11H2,1-4H3,(H,28,30,33)/b24-5+,27-18?. The van der Waals surface area contributed by atoms with Crippen molar-refractivity contribution in [1.82, 2.24) is 19.7 Å². The molecule has 0 spiro atoms. The van der Waals surface area contributed by atoms with Gasteiger partial charge in [-0.05, 0) is 63.6 Å². The van der Waals surface area contributed by atoms with Crippen molar-refractivity contribution in [3.63, 3.8) is 0 Å². The van der Waals surface area contributed by atoms with Crippen LogP contribution in [0.15, 0.2) is 48.9 Å². The van der Waals surface area contributed by atoms with E-state index < -0.39 is 0 Å². The van der Waals surface area contributed by atoms with Gasteiger partial charge < -0.3 is 10.2 Å². The van der Waals surface area contributed by atoms with E-state index in [0.29, 0.717) is 28.5 Å². The van der Waals surface area contributed by atoms with Crippen LogP contribution in [0.2, 0.25) is 0 Å². The zero-order chi connectivity index (χ0) is 24.2. The summed E-state index contributed by atoms with van der Waals surface area (Å²) in [6, 6.07) is 8.90. The van der Waals surface area contributed by atoms with Gasteiger partial charge >= 0.3 is 0 Å². The summed E-state index contributed by atoms with van der Waals surface area (Å²) in [5.74, 6) is 0.295. The van der Waals surface area contributed by atoms with Crippen molar-refractivity contribution in [3.8, 4) is 0 Å². The molecule has 0 atom stereocenters. The number of rotatable bonds is 6. The lowest BCUT2D eigenvalue weighted by Gasteiger charge is -2.34. The lowest BCUT2D eigenvalue weighted by molar-refractivity contribution is 0.102. The molecule has 0 bridgehead atoms. The quantitative estimate of drug-likeness (QED) is 0.346. The second-order valence-corrected chi connectivity index (χ2v) is 10.2. The van der Waals surface area contributed by atoms with Crippen molar-refractivity contribution >= 4 is 44.2 Å². The molecule has 3 heterocycles. The van der Waals surface area contributed by atoms with E-state index in [4.69, 9.17) is 5.41 Å². The molecule has 1 aromatic carbocycles. The summed E-state index contributed by atoms with van der Waals surface area (Å²) >= 11 is 1.44. The Labute approximate surface area is 205 Å². The minimum atomic E-state index is -0.210. The number of hydrogen-bond donors (Lipinski definition) is 2. The van der Waals surface area contributed by atoms with Crippen LogP contribution < -0.4 is 5.32 Å². The number of benzene rings is 1. The maximum atomic E-state index is 12.9. The smallest absolute Gasteiger partial charge is 0.260 e. The number of hydrogen-bond acceptors (Lipinski definition) is 6. The molecule has 1 fully saturated rings. The number of nitrogens with one attached hydrogen (secondary N) is 2. The van der Waals surface area contributed by atoms with E-state index in [-0.39, 0.29) is 5.91 Å². The third-order valence-corrected chi connectivity index (χ3v) is 7.24. The summed E-state index contributed by atoms with van der Waals surface area (Å²) < 4.78 is 1.94. The fourth-order valence-electron chi connectivity index (χ4n) is 4.32. The van der Waals surface area contributed by atoms with Gasteiger partial charge in [-0.2, -0.15) is 5.10 Å². The minimum Gasteiger partial charge on any atom is -0.306 e. The Hall–Kier alpha value is -2.97. The number of anilines is 1. The Balaban J connectivity index is 1.46. The highest BCUT2D eigenvalue weighted by molar-refractivity contribution is 8.21. The predicted molar refractivity (Wildman–Crippen MR) is 142 cm³/mol. The van der Waals surface area contributed by atoms with E-state index in [1.165, 1.54) is 11.8 Å². The van der Waals surface area contributed by atoms with Gasteiger partial charge in [-0.25, -0.2) is 4.98 Å². The average Bonchev–Trinajstić information content (AvgIpc) is 3.32. The number of carbonyl (C=O) groups excluding carboxylic acids is 1. The van der Waals surface area contributed by atoms with Gasteiger partial charge in [0, 0.05) is 41.8 Å². The monoisotopic (exact) mass is 476 g/mol. The number of pyridine rings is 1. The molecule has 1 amide bonds. The molecule has 178 valence electrons. The Morgan fingerprint density at radius 1 is 1.18 bits per heavy atom. The first-order valence-electron chi connectivity index (χ1n) is 11.7. The highest BCUT2D eigenvalue weighted by Crippen LogP contribution is 2.31. The van der Waals surface area contributed by atoms with Gasteiger partial charge in [0.2, 0.25) is 0 Å². The molecule has 2 N–H and O–H groups in total. The van der Waals surface area contributed by atoms with Crippen LogP contribution in [0.5, 0.6) is 0 Å². The summed E-state index contributed by atoms with van der Waals surface area (Å²) in [6.45, 7) is 10.3. The second kappa shape index (κ2) is 10.5. The molecule has 3 aromatic rings. The normalized spacial score (nSPS) is 15.7. The first-order chi connectivity index (χ1) is 16.3. The van der Waals surface area contributed by atoms with Crippen LogP contribution in [0.25, 0.3) is 15.7 Å². The molecule has 0 saturated carbocycles. The van der Waals surface area contributed by atoms with Gasteiger partial charge in [0.15, 0.2) is 0 Å². The van der Waals surface area contributed by atoms with Crippen LogP contribution in [0.1, 0.15) is 62.5 Å². The maximum absolute atomic E-state index is 12.9. The Kier molecular flexibility index (Phi) is 7.48. The number of nitrogens with zero attached hydrogens (tertiary/aromatic N) is 4. The molecule has 1 aliphatic rings. The number of fused-ring (bicyclic) bond motifs is 1. The molecule has 7 nitrogen and oxygen atoms in total. The number of allylic oxidation sites excluding steroid dienone is 1. The zero-order valence-electron chi connectivity index (χ0n) is 20.2. The number of carbonyl (C=O) groups is 1. The van der Waals surface area contributed by atoms with Crippen LogP contribution in [0.3, 0.4) is 0 Å². The average molecular weight is 477 g/mol. The lowest BCUT2D eigenvalue weighted by atomic mass is 10.0. The molecule has 1 aliphatic heterocycles. The van der Waals surface area contributed by atoms with Gasteiger partial charge in [-0.3, -0.25) is 14.9 Å². The molecule has 4 rings (SSSR count). The largest absolute Gasteiger partial charge is 0.306 e. The zero-order valence-corrected chi connectivity index (χ0v) is 21.0. The number of amides is 1. The van der Waals surface area contributed by atoms with Crippen molar-refractivity contribution in [1.29, 1.82) is 5.41 Å². The highest BCUT2D eigenvalue weighted by Gasteiger charge is 2.23. The predicted octanol–water partition coefficient (Wildman–Crippen LogP) is 5.82. The van der Waals surface area contributed by atoms with Gasteiger partial charge in [-0.1, -0.05) is 30.0 Å². The number of piperidine rings is 1. The second-order valence-electron chi connectivity index (χ2n) is 8.97. The molecule has 8 heteroatoms. The van der Waals surface area contributed by atoms with Gasteiger partial charge in [0.1, 0.15) is 5.82 Å².